The summed E-state index contributed by atoms with van der Waals surface area (Å²) in [5.41, 5.74) is 3.58. The van der Waals surface area contributed by atoms with Crippen LogP contribution < -0.4 is 0 Å². The summed E-state index contributed by atoms with van der Waals surface area (Å²) in [6, 6.07) is 7.83. The van der Waals surface area contributed by atoms with Gasteiger partial charge in [0.25, 0.3) is 0 Å². The average molecular weight is 306 g/mol. The predicted octanol–water partition coefficient (Wildman–Crippen LogP) is 3.61. The lowest BCUT2D eigenvalue weighted by atomic mass is 10.2. The van der Waals surface area contributed by atoms with Crippen molar-refractivity contribution >= 4 is 22.6 Å². The third-order valence-electron chi connectivity index (χ3n) is 4.57. The number of hydrogen-bond acceptors (Lipinski definition) is 2. The summed E-state index contributed by atoms with van der Waals surface area (Å²) in [7, 11) is 2.24. The molecule has 2 aromatic rings. The highest BCUT2D eigenvalue weighted by Gasteiger charge is 2.29. The lowest BCUT2D eigenvalue weighted by molar-refractivity contribution is 0.226. The van der Waals surface area contributed by atoms with Gasteiger partial charge in [0.05, 0.1) is 11.0 Å². The molecule has 1 fully saturated rings. The molecule has 4 heteroatoms. The number of aromatic nitrogens is 2. The molecule has 1 aliphatic carbocycles. The lowest BCUT2D eigenvalue weighted by Gasteiger charge is -2.25. The van der Waals surface area contributed by atoms with Crippen molar-refractivity contribution in [3.8, 4) is 0 Å². The standard InChI is InChI=1S/C17H24ClN3/c1-12-4-7-16-15(10-12)19-17(8-9-18)21(16)11-13(2)20(3)14-5-6-14/h4,7,10,13-14H,5-6,8-9,11H2,1-3H3. The van der Waals surface area contributed by atoms with Crippen molar-refractivity contribution in [3.05, 3.63) is 29.6 Å². The van der Waals surface area contributed by atoms with E-state index in [4.69, 9.17) is 16.6 Å². The minimum Gasteiger partial charge on any atom is -0.326 e. The Bertz CT molecular complexity index is 630. The van der Waals surface area contributed by atoms with E-state index in [-0.39, 0.29) is 0 Å². The lowest BCUT2D eigenvalue weighted by Crippen LogP contribution is -2.34. The van der Waals surface area contributed by atoms with Gasteiger partial charge < -0.3 is 4.57 Å². The summed E-state index contributed by atoms with van der Waals surface area (Å²) < 4.78 is 2.36. The Balaban J connectivity index is 1.92. The summed E-state index contributed by atoms with van der Waals surface area (Å²) in [6.07, 6.45) is 3.52. The van der Waals surface area contributed by atoms with Gasteiger partial charge in [0.1, 0.15) is 5.82 Å². The second kappa shape index (κ2) is 5.98. The number of rotatable bonds is 6. The van der Waals surface area contributed by atoms with Crippen LogP contribution in [0.4, 0.5) is 0 Å². The summed E-state index contributed by atoms with van der Waals surface area (Å²) in [6.45, 7) is 5.41. The molecule has 0 N–H and O–H groups in total. The van der Waals surface area contributed by atoms with Crippen molar-refractivity contribution in [2.45, 2.75) is 51.7 Å². The third-order valence-corrected chi connectivity index (χ3v) is 4.75. The van der Waals surface area contributed by atoms with Gasteiger partial charge >= 0.3 is 0 Å². The van der Waals surface area contributed by atoms with Crippen LogP contribution in [0.5, 0.6) is 0 Å². The molecule has 0 aliphatic heterocycles. The molecule has 0 spiro atoms. The number of likely N-dealkylation sites (N-methyl/N-ethyl adjacent to an activating group) is 1. The van der Waals surface area contributed by atoms with Gasteiger partial charge in [-0.25, -0.2) is 4.98 Å². The van der Waals surface area contributed by atoms with Gasteiger partial charge in [-0.15, -0.1) is 11.6 Å². The molecule has 21 heavy (non-hydrogen) atoms. The van der Waals surface area contributed by atoms with Gasteiger partial charge in [-0.3, -0.25) is 4.90 Å². The summed E-state index contributed by atoms with van der Waals surface area (Å²) in [4.78, 5) is 7.30. The molecule has 3 rings (SSSR count). The molecular weight excluding hydrogens is 282 g/mol. The Kier molecular flexibility index (Phi) is 4.23. The molecule has 0 radical (unpaired) electrons. The molecule has 0 amide bonds. The highest BCUT2D eigenvalue weighted by atomic mass is 35.5. The molecule has 1 aromatic carbocycles. The molecule has 1 heterocycles. The topological polar surface area (TPSA) is 21.1 Å². The Hall–Kier alpha value is -1.06. The first kappa shape index (κ1) is 14.9. The number of imidazole rings is 1. The van der Waals surface area contributed by atoms with E-state index in [0.29, 0.717) is 11.9 Å². The maximum absolute atomic E-state index is 5.96. The van der Waals surface area contributed by atoms with E-state index in [9.17, 15) is 0 Å². The number of alkyl halides is 1. The number of hydrogen-bond donors (Lipinski definition) is 0. The highest BCUT2D eigenvalue weighted by Crippen LogP contribution is 2.28. The van der Waals surface area contributed by atoms with Crippen molar-refractivity contribution < 1.29 is 0 Å². The van der Waals surface area contributed by atoms with Gasteiger partial charge in [0, 0.05) is 30.9 Å². The van der Waals surface area contributed by atoms with Crippen LogP contribution in [0, 0.1) is 6.92 Å². The van der Waals surface area contributed by atoms with Gasteiger partial charge in [-0.2, -0.15) is 0 Å². The first-order valence-corrected chi connectivity index (χ1v) is 8.37. The fourth-order valence-corrected chi connectivity index (χ4v) is 3.17. The quantitative estimate of drug-likeness (QED) is 0.760. The molecule has 1 aliphatic rings. The minimum atomic E-state index is 0.519. The van der Waals surface area contributed by atoms with Gasteiger partial charge in [-0.1, -0.05) is 6.07 Å². The molecule has 1 aromatic heterocycles. The number of benzene rings is 1. The number of nitrogens with zero attached hydrogens (tertiary/aromatic N) is 3. The largest absolute Gasteiger partial charge is 0.326 e. The van der Waals surface area contributed by atoms with Crippen LogP contribution >= 0.6 is 11.6 Å². The summed E-state index contributed by atoms with van der Waals surface area (Å²) in [5.74, 6) is 1.73. The van der Waals surface area contributed by atoms with E-state index in [1.54, 1.807) is 0 Å². The monoisotopic (exact) mass is 305 g/mol. The maximum atomic E-state index is 5.96. The zero-order chi connectivity index (χ0) is 15.0. The van der Waals surface area contributed by atoms with E-state index in [1.165, 1.54) is 23.9 Å². The average Bonchev–Trinajstić information content (AvgIpc) is 3.24. The van der Waals surface area contributed by atoms with E-state index in [0.717, 1.165) is 30.3 Å². The second-order valence-electron chi connectivity index (χ2n) is 6.32. The van der Waals surface area contributed by atoms with Crippen molar-refractivity contribution in [2.24, 2.45) is 0 Å². The first-order valence-electron chi connectivity index (χ1n) is 7.84. The smallest absolute Gasteiger partial charge is 0.111 e. The third kappa shape index (κ3) is 3.09. The van der Waals surface area contributed by atoms with E-state index in [2.05, 4.69) is 48.6 Å². The van der Waals surface area contributed by atoms with Crippen molar-refractivity contribution in [2.75, 3.05) is 12.9 Å². The van der Waals surface area contributed by atoms with E-state index < -0.39 is 0 Å². The van der Waals surface area contributed by atoms with Gasteiger partial charge in [0.2, 0.25) is 0 Å². The Morgan fingerprint density at radius 1 is 1.43 bits per heavy atom. The second-order valence-corrected chi connectivity index (χ2v) is 6.69. The summed E-state index contributed by atoms with van der Waals surface area (Å²) in [5, 5.41) is 0. The van der Waals surface area contributed by atoms with Crippen LogP contribution in [0.3, 0.4) is 0 Å². The zero-order valence-electron chi connectivity index (χ0n) is 13.1. The van der Waals surface area contributed by atoms with Crippen molar-refractivity contribution in [1.29, 1.82) is 0 Å². The van der Waals surface area contributed by atoms with Crippen LogP contribution in [0.1, 0.15) is 31.2 Å². The molecule has 0 bridgehead atoms. The molecule has 1 atom stereocenters. The van der Waals surface area contributed by atoms with E-state index in [1.807, 2.05) is 0 Å². The molecule has 114 valence electrons. The minimum absolute atomic E-state index is 0.519. The van der Waals surface area contributed by atoms with Gasteiger partial charge in [-0.05, 0) is 51.4 Å². The van der Waals surface area contributed by atoms with Crippen molar-refractivity contribution in [3.63, 3.8) is 0 Å². The Morgan fingerprint density at radius 3 is 2.86 bits per heavy atom. The first-order chi connectivity index (χ1) is 10.1. The van der Waals surface area contributed by atoms with Crippen LogP contribution in [0.25, 0.3) is 11.0 Å². The predicted molar refractivity (Wildman–Crippen MR) is 89.1 cm³/mol. The maximum Gasteiger partial charge on any atom is 0.111 e. The Morgan fingerprint density at radius 2 is 2.19 bits per heavy atom. The van der Waals surface area contributed by atoms with Crippen LogP contribution in [0.2, 0.25) is 0 Å². The molecular formula is C17H24ClN3. The van der Waals surface area contributed by atoms with E-state index >= 15 is 0 Å². The fraction of sp³-hybridized carbons (Fsp3) is 0.588. The number of fused-ring (bicyclic) bond motifs is 1. The van der Waals surface area contributed by atoms with Crippen LogP contribution in [-0.2, 0) is 13.0 Å². The summed E-state index contributed by atoms with van der Waals surface area (Å²) >= 11 is 5.96. The van der Waals surface area contributed by atoms with Gasteiger partial charge in [0.15, 0.2) is 0 Å². The molecule has 1 unspecified atom stereocenters. The highest BCUT2D eigenvalue weighted by molar-refractivity contribution is 6.17. The van der Waals surface area contributed by atoms with Crippen LogP contribution in [-0.4, -0.2) is 39.5 Å². The molecule has 3 nitrogen and oxygen atoms in total. The fourth-order valence-electron chi connectivity index (χ4n) is 3.00. The zero-order valence-corrected chi connectivity index (χ0v) is 13.9. The molecule has 1 saturated carbocycles. The SMILES string of the molecule is Cc1ccc2c(c1)nc(CCCl)n2CC(C)N(C)C1CC1. The number of halogens is 1. The van der Waals surface area contributed by atoms with Crippen LogP contribution in [0.15, 0.2) is 18.2 Å². The number of aryl methyl sites for hydroxylation is 2. The van der Waals surface area contributed by atoms with Crippen molar-refractivity contribution in [1.82, 2.24) is 14.5 Å². The Labute approximate surface area is 131 Å². The normalized spacial score (nSPS) is 16.8. The molecule has 0 saturated heterocycles.